The van der Waals surface area contributed by atoms with E-state index in [0.717, 1.165) is 27.8 Å². The Kier molecular flexibility index (Phi) is 9.85. The zero-order valence-electron chi connectivity index (χ0n) is 24.3. The number of fused-ring (bicyclic) bond motifs is 5. The number of ether oxygens (including phenoxy) is 3. The van der Waals surface area contributed by atoms with Crippen molar-refractivity contribution in [2.75, 3.05) is 37.8 Å². The minimum atomic E-state index is -1.86. The first-order chi connectivity index (χ1) is 20.8. The van der Waals surface area contributed by atoms with Gasteiger partial charge in [0.05, 0.1) is 35.6 Å². The highest BCUT2D eigenvalue weighted by molar-refractivity contribution is 8.76. The molecule has 3 aromatic rings. The predicted octanol–water partition coefficient (Wildman–Crippen LogP) is 3.48. The number of aromatic nitrogens is 2. The quantitative estimate of drug-likeness (QED) is 0.113. The first kappa shape index (κ1) is 31.2. The predicted molar refractivity (Wildman–Crippen MR) is 167 cm³/mol. The lowest BCUT2D eigenvalue weighted by molar-refractivity contribution is -0.172. The van der Waals surface area contributed by atoms with E-state index in [2.05, 4.69) is 12.2 Å². The number of cyclic esters (lactones) is 1. The van der Waals surface area contributed by atoms with Gasteiger partial charge >= 0.3 is 12.1 Å². The molecule has 13 heteroatoms. The average molecular weight is 629 g/mol. The molecule has 4 heterocycles. The van der Waals surface area contributed by atoms with E-state index in [4.69, 9.17) is 24.9 Å². The molecule has 4 N–H and O–H groups in total. The average Bonchev–Trinajstić information content (AvgIpc) is 3.38. The highest BCUT2D eigenvalue weighted by Crippen LogP contribution is 2.40. The SMILES string of the molecule is CCc1c2c(nc3ccc(OCCCNC(=O)OCCSSCCN)cc13)-c1cc3c(c(=O)n1C2)COC(=O)[C@]3(O)CC. The molecular formula is C30H36N4O7S2. The fourth-order valence-corrected chi connectivity index (χ4v) is 7.16. The summed E-state index contributed by atoms with van der Waals surface area (Å²) in [5.74, 6) is 1.53. The minimum Gasteiger partial charge on any atom is -0.494 e. The number of amides is 1. The number of rotatable bonds is 13. The van der Waals surface area contributed by atoms with Crippen molar-refractivity contribution in [2.45, 2.75) is 51.9 Å². The summed E-state index contributed by atoms with van der Waals surface area (Å²) in [6.07, 6.45) is 0.972. The summed E-state index contributed by atoms with van der Waals surface area (Å²) in [6.45, 7) is 5.74. The Hall–Kier alpha value is -3.26. The number of carbonyl (C=O) groups excluding carboxylic acids is 2. The number of hydrogen-bond donors (Lipinski definition) is 3. The fourth-order valence-electron chi connectivity index (χ4n) is 5.47. The van der Waals surface area contributed by atoms with Crippen molar-refractivity contribution in [2.24, 2.45) is 5.73 Å². The number of aliphatic hydroxyl groups is 1. The van der Waals surface area contributed by atoms with Crippen LogP contribution in [0.4, 0.5) is 4.79 Å². The number of alkyl carbamates (subject to hydrolysis) is 1. The van der Waals surface area contributed by atoms with Crippen LogP contribution in [0.15, 0.2) is 29.1 Å². The van der Waals surface area contributed by atoms with Crippen molar-refractivity contribution in [3.8, 4) is 17.1 Å². The molecule has 0 radical (unpaired) electrons. The number of benzene rings is 1. The molecule has 2 aromatic heterocycles. The highest BCUT2D eigenvalue weighted by atomic mass is 33.1. The number of aryl methyl sites for hydroxylation is 1. The lowest BCUT2D eigenvalue weighted by Crippen LogP contribution is -2.44. The monoisotopic (exact) mass is 628 g/mol. The maximum atomic E-state index is 13.5. The largest absolute Gasteiger partial charge is 0.494 e. The summed E-state index contributed by atoms with van der Waals surface area (Å²) < 4.78 is 18.0. The number of nitrogens with zero attached hydrogens (tertiary/aromatic N) is 2. The number of carbonyl (C=O) groups is 2. The van der Waals surface area contributed by atoms with Crippen LogP contribution < -0.4 is 21.3 Å². The third kappa shape index (κ3) is 6.21. The lowest BCUT2D eigenvalue weighted by Gasteiger charge is -2.31. The number of nitrogens with one attached hydrogen (secondary N) is 1. The summed E-state index contributed by atoms with van der Waals surface area (Å²) in [4.78, 5) is 42.7. The molecule has 1 amide bonds. The molecule has 0 spiro atoms. The smallest absolute Gasteiger partial charge is 0.407 e. The van der Waals surface area contributed by atoms with Gasteiger partial charge in [0, 0.05) is 41.1 Å². The van der Waals surface area contributed by atoms with E-state index in [9.17, 15) is 19.5 Å². The maximum Gasteiger partial charge on any atom is 0.407 e. The van der Waals surface area contributed by atoms with E-state index in [1.807, 2.05) is 18.2 Å². The summed E-state index contributed by atoms with van der Waals surface area (Å²) >= 11 is 0. The van der Waals surface area contributed by atoms with Gasteiger partial charge in [-0.3, -0.25) is 4.79 Å². The van der Waals surface area contributed by atoms with Crippen LogP contribution in [0, 0.1) is 0 Å². The topological polar surface area (TPSA) is 155 Å². The maximum absolute atomic E-state index is 13.5. The summed E-state index contributed by atoms with van der Waals surface area (Å²) in [5.41, 5.74) is 7.95. The van der Waals surface area contributed by atoms with Gasteiger partial charge in [-0.05, 0) is 49.1 Å². The molecule has 0 aliphatic carbocycles. The number of pyridine rings is 2. The molecule has 1 aromatic carbocycles. The second-order valence-electron chi connectivity index (χ2n) is 10.3. The molecule has 11 nitrogen and oxygen atoms in total. The first-order valence-electron chi connectivity index (χ1n) is 14.4. The molecule has 0 saturated heterocycles. The van der Waals surface area contributed by atoms with E-state index < -0.39 is 17.7 Å². The molecule has 0 saturated carbocycles. The van der Waals surface area contributed by atoms with E-state index in [1.165, 1.54) is 0 Å². The second kappa shape index (κ2) is 13.6. The van der Waals surface area contributed by atoms with E-state index in [-0.39, 0.29) is 18.6 Å². The van der Waals surface area contributed by atoms with Gasteiger partial charge in [-0.25, -0.2) is 14.6 Å². The van der Waals surface area contributed by atoms with E-state index in [0.29, 0.717) is 79.7 Å². The molecule has 0 bridgehead atoms. The molecule has 0 unspecified atom stereocenters. The number of nitrogens with two attached hydrogens (primary N) is 1. The number of hydrogen-bond acceptors (Lipinski definition) is 11. The molecule has 2 aliphatic heterocycles. The van der Waals surface area contributed by atoms with Gasteiger partial charge < -0.3 is 34.9 Å². The molecule has 43 heavy (non-hydrogen) atoms. The Labute approximate surface area is 257 Å². The van der Waals surface area contributed by atoms with Crippen LogP contribution in [-0.2, 0) is 39.4 Å². The Morgan fingerprint density at radius 2 is 2.00 bits per heavy atom. The Balaban J connectivity index is 1.27. The van der Waals surface area contributed by atoms with Crippen LogP contribution in [0.2, 0.25) is 0 Å². The Bertz CT molecular complexity index is 1600. The van der Waals surface area contributed by atoms with Crippen molar-refractivity contribution in [1.29, 1.82) is 0 Å². The third-order valence-electron chi connectivity index (χ3n) is 7.67. The van der Waals surface area contributed by atoms with Gasteiger partial charge in [-0.15, -0.1) is 0 Å². The van der Waals surface area contributed by atoms with Gasteiger partial charge in [-0.2, -0.15) is 0 Å². The van der Waals surface area contributed by atoms with Crippen LogP contribution in [0.3, 0.4) is 0 Å². The normalized spacial score (nSPS) is 16.8. The lowest BCUT2D eigenvalue weighted by atomic mass is 9.86. The number of esters is 1. The molecular weight excluding hydrogens is 592 g/mol. The van der Waals surface area contributed by atoms with E-state index in [1.54, 1.807) is 39.1 Å². The standard InChI is InChI=1S/C30H36N4O7S2/c1-3-19-20-14-18(39-10-5-9-32-29(37)40-11-13-43-42-12-8-31)6-7-24(20)33-26-21(19)16-34-25(26)15-23-22(27(34)35)17-41-28(36)30(23,38)4-2/h6-7,14-15,38H,3-5,8-13,16-17,31H2,1-2H3,(H,32,37)/t30-/m0/s1. The summed E-state index contributed by atoms with van der Waals surface area (Å²) in [5, 5.41) is 14.8. The van der Waals surface area contributed by atoms with Crippen LogP contribution in [0.25, 0.3) is 22.3 Å². The fraction of sp³-hybridized carbons (Fsp3) is 0.467. The molecule has 0 fully saturated rings. The zero-order chi connectivity index (χ0) is 30.6. The minimum absolute atomic E-state index is 0.0946. The van der Waals surface area contributed by atoms with Crippen LogP contribution >= 0.6 is 21.6 Å². The zero-order valence-corrected chi connectivity index (χ0v) is 25.9. The van der Waals surface area contributed by atoms with Gasteiger partial charge in [0.15, 0.2) is 5.60 Å². The van der Waals surface area contributed by atoms with Crippen molar-refractivity contribution >= 4 is 44.6 Å². The van der Waals surface area contributed by atoms with E-state index >= 15 is 0 Å². The summed E-state index contributed by atoms with van der Waals surface area (Å²) in [7, 11) is 3.29. The van der Waals surface area contributed by atoms with Crippen LogP contribution in [0.1, 0.15) is 48.9 Å². The Morgan fingerprint density at radius 1 is 1.19 bits per heavy atom. The molecule has 1 atom stereocenters. The Morgan fingerprint density at radius 3 is 2.77 bits per heavy atom. The van der Waals surface area contributed by atoms with Crippen molar-refractivity contribution in [3.05, 3.63) is 56.9 Å². The van der Waals surface area contributed by atoms with Gasteiger partial charge in [-0.1, -0.05) is 35.4 Å². The van der Waals surface area contributed by atoms with Crippen molar-refractivity contribution < 1.29 is 28.9 Å². The molecule has 230 valence electrons. The van der Waals surface area contributed by atoms with Gasteiger partial charge in [0.1, 0.15) is 19.0 Å². The highest BCUT2D eigenvalue weighted by Gasteiger charge is 2.45. The summed E-state index contributed by atoms with van der Waals surface area (Å²) in [6, 6.07) is 7.43. The van der Waals surface area contributed by atoms with Crippen molar-refractivity contribution in [1.82, 2.24) is 14.9 Å². The third-order valence-corrected chi connectivity index (χ3v) is 10.1. The van der Waals surface area contributed by atoms with Crippen LogP contribution in [0.5, 0.6) is 5.75 Å². The van der Waals surface area contributed by atoms with Crippen LogP contribution in [-0.4, -0.2) is 64.5 Å². The van der Waals surface area contributed by atoms with Crippen molar-refractivity contribution in [3.63, 3.8) is 0 Å². The molecule has 2 aliphatic rings. The second-order valence-corrected chi connectivity index (χ2v) is 13.0. The molecule has 5 rings (SSSR count). The first-order valence-corrected chi connectivity index (χ1v) is 16.9. The van der Waals surface area contributed by atoms with Gasteiger partial charge in [0.25, 0.3) is 5.56 Å². The van der Waals surface area contributed by atoms with Gasteiger partial charge in [0.2, 0.25) is 0 Å².